The Morgan fingerprint density at radius 1 is 1.04 bits per heavy atom. The van der Waals surface area contributed by atoms with Gasteiger partial charge < -0.3 is 0 Å². The zero-order valence-corrected chi connectivity index (χ0v) is 17.4. The summed E-state index contributed by atoms with van der Waals surface area (Å²) in [7, 11) is -7.76. The fourth-order valence-electron chi connectivity index (χ4n) is 2.58. The van der Waals surface area contributed by atoms with Gasteiger partial charge in [0.05, 0.1) is 4.90 Å². The van der Waals surface area contributed by atoms with Crippen molar-refractivity contribution in [3.05, 3.63) is 69.5 Å². The van der Waals surface area contributed by atoms with Crippen molar-refractivity contribution in [3.63, 3.8) is 0 Å². The van der Waals surface area contributed by atoms with Crippen LogP contribution >= 0.6 is 22.7 Å². The molecule has 1 N–H and O–H groups in total. The highest BCUT2D eigenvalue weighted by Gasteiger charge is 2.32. The van der Waals surface area contributed by atoms with E-state index in [1.807, 2.05) is 0 Å². The monoisotopic (exact) mass is 445 g/mol. The molecule has 0 saturated heterocycles. The van der Waals surface area contributed by atoms with Crippen molar-refractivity contribution >= 4 is 42.5 Å². The molecular weight excluding hydrogens is 429 g/mol. The van der Waals surface area contributed by atoms with Crippen molar-refractivity contribution < 1.29 is 21.2 Å². The summed E-state index contributed by atoms with van der Waals surface area (Å²) in [5.74, 6) is -0.539. The normalized spacial score (nSPS) is 13.6. The van der Waals surface area contributed by atoms with E-state index >= 15 is 0 Å². The summed E-state index contributed by atoms with van der Waals surface area (Å²) < 4.78 is 67.0. The number of thiophene rings is 2. The molecule has 10 heteroatoms. The van der Waals surface area contributed by atoms with E-state index in [0.717, 1.165) is 23.5 Å². The maximum atomic E-state index is 13.3. The van der Waals surface area contributed by atoms with E-state index in [0.29, 0.717) is 4.88 Å². The van der Waals surface area contributed by atoms with Crippen LogP contribution in [-0.2, 0) is 19.9 Å². The van der Waals surface area contributed by atoms with E-state index in [2.05, 4.69) is 4.72 Å². The standard InChI is InChI=1S/C17H16FNO4S4/c1-12-10-13(18)6-7-15(12)27(22,23)19-11-16(14-4-2-8-24-14)26(20,21)17-5-3-9-25-17/h2-10,16,19H,11H2,1H3. The molecule has 0 saturated carbocycles. The summed E-state index contributed by atoms with van der Waals surface area (Å²) in [6.45, 7) is 1.16. The Hall–Kier alpha value is -1.59. The number of hydrogen-bond acceptors (Lipinski definition) is 6. The van der Waals surface area contributed by atoms with E-state index in [1.165, 1.54) is 30.4 Å². The summed E-state index contributed by atoms with van der Waals surface area (Å²) in [6.07, 6.45) is 0. The first-order valence-electron chi connectivity index (χ1n) is 7.78. The highest BCUT2D eigenvalue weighted by atomic mass is 32.2. The molecule has 5 nitrogen and oxygen atoms in total. The Morgan fingerprint density at radius 3 is 2.33 bits per heavy atom. The van der Waals surface area contributed by atoms with E-state index in [1.54, 1.807) is 29.0 Å². The molecule has 1 atom stereocenters. The molecular formula is C17H16FNO4S4. The number of sulfonamides is 1. The zero-order chi connectivity index (χ0) is 19.7. The number of sulfone groups is 1. The predicted octanol–water partition coefficient (Wildman–Crippen LogP) is 3.75. The molecule has 0 spiro atoms. The lowest BCUT2D eigenvalue weighted by Crippen LogP contribution is -2.31. The zero-order valence-electron chi connectivity index (χ0n) is 14.1. The second-order valence-electron chi connectivity index (χ2n) is 5.74. The van der Waals surface area contributed by atoms with Gasteiger partial charge in [0.2, 0.25) is 10.0 Å². The van der Waals surface area contributed by atoms with Crippen LogP contribution in [0.4, 0.5) is 4.39 Å². The molecule has 0 aliphatic heterocycles. The number of rotatable bonds is 7. The summed E-state index contributed by atoms with van der Waals surface area (Å²) in [4.78, 5) is 0.462. The number of benzene rings is 1. The third-order valence-corrected chi connectivity index (χ3v) is 10.1. The van der Waals surface area contributed by atoms with E-state index < -0.39 is 30.9 Å². The van der Waals surface area contributed by atoms with Crippen molar-refractivity contribution in [2.75, 3.05) is 6.54 Å². The highest BCUT2D eigenvalue weighted by Crippen LogP contribution is 2.33. The Morgan fingerprint density at radius 2 is 1.74 bits per heavy atom. The highest BCUT2D eigenvalue weighted by molar-refractivity contribution is 7.94. The largest absolute Gasteiger partial charge is 0.240 e. The van der Waals surface area contributed by atoms with E-state index in [-0.39, 0.29) is 21.2 Å². The second kappa shape index (κ2) is 7.80. The van der Waals surface area contributed by atoms with Gasteiger partial charge in [-0.25, -0.2) is 25.9 Å². The molecule has 2 aromatic heterocycles. The van der Waals surface area contributed by atoms with E-state index in [4.69, 9.17) is 0 Å². The molecule has 3 rings (SSSR count). The first-order valence-corrected chi connectivity index (χ1v) is 12.6. The van der Waals surface area contributed by atoms with Crippen LogP contribution in [0.15, 0.2) is 62.3 Å². The molecule has 0 aliphatic carbocycles. The number of hydrogen-bond donors (Lipinski definition) is 1. The minimum atomic E-state index is -4.00. The minimum absolute atomic E-state index is 0.0812. The molecule has 1 aromatic carbocycles. The maximum Gasteiger partial charge on any atom is 0.240 e. The predicted molar refractivity (Wildman–Crippen MR) is 105 cm³/mol. The number of nitrogens with one attached hydrogen (secondary N) is 1. The van der Waals surface area contributed by atoms with Crippen LogP contribution in [0.25, 0.3) is 0 Å². The Bertz CT molecular complexity index is 1120. The van der Waals surface area contributed by atoms with Crippen LogP contribution in [0.3, 0.4) is 0 Å². The van der Waals surface area contributed by atoms with Crippen molar-refractivity contribution in [1.29, 1.82) is 0 Å². The lowest BCUT2D eigenvalue weighted by molar-refractivity contribution is 0.570. The van der Waals surface area contributed by atoms with Gasteiger partial charge in [-0.2, -0.15) is 0 Å². The molecule has 3 aromatic rings. The summed E-state index contributed by atoms with van der Waals surface area (Å²) in [6, 6.07) is 9.86. The lowest BCUT2D eigenvalue weighted by Gasteiger charge is -2.17. The first kappa shape index (κ1) is 20.2. The van der Waals surface area contributed by atoms with Crippen molar-refractivity contribution in [2.45, 2.75) is 21.3 Å². The van der Waals surface area contributed by atoms with Crippen LogP contribution < -0.4 is 4.72 Å². The van der Waals surface area contributed by atoms with Crippen LogP contribution in [0.2, 0.25) is 0 Å². The second-order valence-corrected chi connectivity index (χ2v) is 11.8. The minimum Gasteiger partial charge on any atom is -0.222 e. The number of aryl methyl sites for hydroxylation is 1. The molecule has 0 bridgehead atoms. The topological polar surface area (TPSA) is 80.3 Å². The van der Waals surface area contributed by atoms with Crippen molar-refractivity contribution in [1.82, 2.24) is 4.72 Å². The molecule has 0 amide bonds. The van der Waals surface area contributed by atoms with Crippen molar-refractivity contribution in [2.24, 2.45) is 0 Å². The average Bonchev–Trinajstić information content (AvgIpc) is 3.28. The summed E-state index contributed by atoms with van der Waals surface area (Å²) >= 11 is 2.33. The van der Waals surface area contributed by atoms with Crippen LogP contribution in [0.5, 0.6) is 0 Å². The SMILES string of the molecule is Cc1cc(F)ccc1S(=O)(=O)NCC(c1cccs1)S(=O)(=O)c1cccs1. The quantitative estimate of drug-likeness (QED) is 0.601. The van der Waals surface area contributed by atoms with Crippen molar-refractivity contribution in [3.8, 4) is 0 Å². The Kier molecular flexibility index (Phi) is 5.82. The van der Waals surface area contributed by atoms with Gasteiger partial charge in [0.1, 0.15) is 15.3 Å². The van der Waals surface area contributed by atoms with Gasteiger partial charge in [-0.3, -0.25) is 0 Å². The fraction of sp³-hybridized carbons (Fsp3) is 0.176. The summed E-state index contributed by atoms with van der Waals surface area (Å²) in [5, 5.41) is 2.35. The van der Waals surface area contributed by atoms with Gasteiger partial charge in [-0.15, -0.1) is 22.7 Å². The first-order chi connectivity index (χ1) is 12.7. The molecule has 2 heterocycles. The molecule has 0 aliphatic rings. The fourth-order valence-corrected chi connectivity index (χ4v) is 7.95. The van der Waals surface area contributed by atoms with Gasteiger partial charge in [0.25, 0.3) is 0 Å². The van der Waals surface area contributed by atoms with Gasteiger partial charge in [0.15, 0.2) is 9.84 Å². The summed E-state index contributed by atoms with van der Waals surface area (Å²) in [5.41, 5.74) is 0.247. The average molecular weight is 446 g/mol. The molecule has 0 fully saturated rings. The molecule has 144 valence electrons. The Labute approximate surface area is 165 Å². The maximum absolute atomic E-state index is 13.3. The van der Waals surface area contributed by atoms with Gasteiger partial charge in [-0.1, -0.05) is 12.1 Å². The van der Waals surface area contributed by atoms with E-state index in [9.17, 15) is 21.2 Å². The molecule has 1 unspecified atom stereocenters. The third kappa shape index (κ3) is 4.30. The van der Waals surface area contributed by atoms with Gasteiger partial charge >= 0.3 is 0 Å². The molecule has 27 heavy (non-hydrogen) atoms. The van der Waals surface area contributed by atoms with Crippen LogP contribution in [-0.4, -0.2) is 23.4 Å². The molecule has 0 radical (unpaired) electrons. The number of halogens is 1. The smallest absolute Gasteiger partial charge is 0.222 e. The third-order valence-electron chi connectivity index (χ3n) is 3.90. The van der Waals surface area contributed by atoms with Gasteiger partial charge in [-0.05, 0) is 53.6 Å². The Balaban J connectivity index is 1.92. The lowest BCUT2D eigenvalue weighted by atomic mass is 10.2. The van der Waals surface area contributed by atoms with Crippen LogP contribution in [0.1, 0.15) is 15.7 Å². The van der Waals surface area contributed by atoms with Gasteiger partial charge in [0, 0.05) is 11.4 Å². The van der Waals surface area contributed by atoms with Crippen LogP contribution in [0, 0.1) is 12.7 Å².